The second kappa shape index (κ2) is 3.27. The van der Waals surface area contributed by atoms with E-state index >= 15 is 0 Å². The Balaban J connectivity index is 0. The molecule has 0 aliphatic carbocycles. The van der Waals surface area contributed by atoms with Gasteiger partial charge in [0.05, 0.1) is 0 Å². The molecule has 0 aromatic heterocycles. The third-order valence-electron chi connectivity index (χ3n) is 0. The van der Waals surface area contributed by atoms with Crippen LogP contribution in [0.2, 0.25) is 0 Å². The number of hydrogen-bond donors (Lipinski definition) is 3. The van der Waals surface area contributed by atoms with Gasteiger partial charge >= 0.3 is 60.1 Å². The molecule has 0 amide bonds. The standard InChI is InChI=1S/AsH3O4.Na/c2-1(3,4)5;/h(H3,2,3,4,5);/q;+1. The zero-order chi connectivity index (χ0) is 4.50. The number of rotatable bonds is 0. The van der Waals surface area contributed by atoms with Crippen LogP contribution >= 0.6 is 0 Å². The van der Waals surface area contributed by atoms with Gasteiger partial charge in [-0.2, -0.15) is 0 Å². The molecule has 3 N–H and O–H groups in total. The maximum absolute atomic E-state index is 8.94. The van der Waals surface area contributed by atoms with Crippen molar-refractivity contribution < 1.29 is 45.6 Å². The maximum Gasteiger partial charge on any atom is 1.00 e. The molecule has 32 valence electrons. The monoisotopic (exact) mass is 165 g/mol. The molecule has 0 aliphatic heterocycles. The molecule has 0 atom stereocenters. The minimum Gasteiger partial charge on any atom is 1.00 e. The first kappa shape index (κ1) is 10.3. The fraction of sp³-hybridized carbons (Fsp3) is 0. The zero-order valence-corrected chi connectivity index (χ0v) is 7.07. The van der Waals surface area contributed by atoms with E-state index in [-0.39, 0.29) is 29.6 Å². The fourth-order valence-corrected chi connectivity index (χ4v) is 0. The van der Waals surface area contributed by atoms with Crippen LogP contribution in [0, 0.1) is 0 Å². The zero-order valence-electron chi connectivity index (χ0n) is 3.20. The van der Waals surface area contributed by atoms with Gasteiger partial charge in [0.25, 0.3) is 0 Å². The first-order chi connectivity index (χ1) is 2.00. The van der Waals surface area contributed by atoms with Gasteiger partial charge < -0.3 is 0 Å². The summed E-state index contributed by atoms with van der Waals surface area (Å²) in [7, 11) is 0. The van der Waals surface area contributed by atoms with E-state index in [0.717, 1.165) is 0 Å². The molecule has 0 saturated carbocycles. The first-order valence-corrected chi connectivity index (χ1v) is 4.07. The Morgan fingerprint density at radius 1 is 1.17 bits per heavy atom. The van der Waals surface area contributed by atoms with E-state index in [2.05, 4.69) is 0 Å². The normalized spacial score (nSPS) is 9.83. The second-order valence-corrected chi connectivity index (χ2v) is 2.67. The van der Waals surface area contributed by atoms with Crippen molar-refractivity contribution in [3.8, 4) is 0 Å². The molecule has 0 spiro atoms. The van der Waals surface area contributed by atoms with Crippen molar-refractivity contribution in [3.63, 3.8) is 0 Å². The average Bonchev–Trinajstić information content (AvgIpc) is 0.722. The number of hydrogen-bond acceptors (Lipinski definition) is 1. The van der Waals surface area contributed by atoms with Gasteiger partial charge in [-0.3, -0.25) is 0 Å². The summed E-state index contributed by atoms with van der Waals surface area (Å²) in [5, 5.41) is 0. The summed E-state index contributed by atoms with van der Waals surface area (Å²) in [4.78, 5) is 0. The van der Waals surface area contributed by atoms with E-state index in [1.165, 1.54) is 0 Å². The Morgan fingerprint density at radius 2 is 1.17 bits per heavy atom. The van der Waals surface area contributed by atoms with Gasteiger partial charge in [0, 0.05) is 0 Å². The Morgan fingerprint density at radius 3 is 1.17 bits per heavy atom. The molecule has 0 aliphatic rings. The van der Waals surface area contributed by atoms with Crippen molar-refractivity contribution in [1.82, 2.24) is 0 Å². The van der Waals surface area contributed by atoms with Crippen molar-refractivity contribution in [2.75, 3.05) is 0 Å². The molecule has 0 saturated heterocycles. The van der Waals surface area contributed by atoms with Crippen LogP contribution in [0.15, 0.2) is 0 Å². The topological polar surface area (TPSA) is 77.8 Å². The van der Waals surface area contributed by atoms with Gasteiger partial charge in [-0.15, -0.1) is 0 Å². The fourth-order valence-electron chi connectivity index (χ4n) is 0. The second-order valence-electron chi connectivity index (χ2n) is 0.513. The molecule has 0 unspecified atom stereocenters. The van der Waals surface area contributed by atoms with Crippen LogP contribution < -0.4 is 29.6 Å². The quantitative estimate of drug-likeness (QED) is 0.313. The van der Waals surface area contributed by atoms with E-state index < -0.39 is 14.5 Å². The van der Waals surface area contributed by atoms with Crippen LogP contribution in [0.5, 0.6) is 0 Å². The molecule has 4 nitrogen and oxygen atoms in total. The SMILES string of the molecule is O=[As](O)(O)O.[Na+]. The van der Waals surface area contributed by atoms with E-state index in [1.807, 2.05) is 0 Å². The molecule has 0 bridgehead atoms. The van der Waals surface area contributed by atoms with Crippen LogP contribution in [0.3, 0.4) is 0 Å². The van der Waals surface area contributed by atoms with Gasteiger partial charge in [0.2, 0.25) is 0 Å². The summed E-state index contributed by atoms with van der Waals surface area (Å²) < 4.78 is 30.7. The molecule has 0 aromatic rings. The summed E-state index contributed by atoms with van der Waals surface area (Å²) in [6.45, 7) is 0. The Kier molecular flexibility index (Phi) is 5.59. The van der Waals surface area contributed by atoms with Gasteiger partial charge in [-0.25, -0.2) is 0 Å². The van der Waals surface area contributed by atoms with Gasteiger partial charge in [0.1, 0.15) is 0 Å². The van der Waals surface area contributed by atoms with Crippen molar-refractivity contribution >= 4 is 14.5 Å². The average molecular weight is 165 g/mol. The molecular formula is H3AsNaO4+. The summed E-state index contributed by atoms with van der Waals surface area (Å²) in [5.74, 6) is 0. The predicted octanol–water partition coefficient (Wildman–Crippen LogP) is -5.17. The summed E-state index contributed by atoms with van der Waals surface area (Å²) in [6, 6.07) is 0. The molecule has 0 fully saturated rings. The first-order valence-electron chi connectivity index (χ1n) is 0.783. The molecule has 0 aromatic carbocycles. The van der Waals surface area contributed by atoms with Crippen LogP contribution in [-0.4, -0.2) is 26.8 Å². The largest absolute Gasteiger partial charge is 1.00 e. The molecule has 0 rings (SSSR count). The van der Waals surface area contributed by atoms with Crippen molar-refractivity contribution in [2.45, 2.75) is 0 Å². The van der Waals surface area contributed by atoms with Crippen LogP contribution in [0.25, 0.3) is 0 Å². The predicted molar refractivity (Wildman–Crippen MR) is 13.1 cm³/mol. The molecule has 6 heteroatoms. The molecule has 0 heterocycles. The van der Waals surface area contributed by atoms with Crippen molar-refractivity contribution in [2.24, 2.45) is 0 Å². The van der Waals surface area contributed by atoms with Crippen molar-refractivity contribution in [1.29, 1.82) is 0 Å². The van der Waals surface area contributed by atoms with Crippen LogP contribution in [0.4, 0.5) is 0 Å². The van der Waals surface area contributed by atoms with Crippen LogP contribution in [-0.2, 0) is 3.74 Å². The van der Waals surface area contributed by atoms with Gasteiger partial charge in [-0.05, 0) is 0 Å². The van der Waals surface area contributed by atoms with Crippen LogP contribution in [0.1, 0.15) is 0 Å². The Labute approximate surface area is 59.8 Å². The smallest absolute Gasteiger partial charge is 1.00 e. The minimum atomic E-state index is -5.12. The van der Waals surface area contributed by atoms with Crippen molar-refractivity contribution in [3.05, 3.63) is 0 Å². The van der Waals surface area contributed by atoms with E-state index in [9.17, 15) is 0 Å². The Bertz CT molecular complexity index is 53.7. The third kappa shape index (κ3) is 61.4. The molecular weight excluding hydrogens is 162 g/mol. The van der Waals surface area contributed by atoms with Gasteiger partial charge in [0.15, 0.2) is 0 Å². The summed E-state index contributed by atoms with van der Waals surface area (Å²) in [6.07, 6.45) is 0. The van der Waals surface area contributed by atoms with E-state index in [1.54, 1.807) is 0 Å². The summed E-state index contributed by atoms with van der Waals surface area (Å²) >= 11 is -5.12. The summed E-state index contributed by atoms with van der Waals surface area (Å²) in [5.41, 5.74) is 0. The van der Waals surface area contributed by atoms with E-state index in [0.29, 0.717) is 0 Å². The molecule has 6 heavy (non-hydrogen) atoms. The Hall–Kier alpha value is 1.24. The van der Waals surface area contributed by atoms with Gasteiger partial charge in [-0.1, -0.05) is 0 Å². The molecule has 0 radical (unpaired) electrons. The third-order valence-corrected chi connectivity index (χ3v) is 0. The van der Waals surface area contributed by atoms with E-state index in [4.69, 9.17) is 16.0 Å². The maximum atomic E-state index is 8.94. The minimum absolute atomic E-state index is 0.